The number of rotatable bonds is 6. The van der Waals surface area contributed by atoms with Crippen LogP contribution in [0.3, 0.4) is 0 Å². The van der Waals surface area contributed by atoms with Gasteiger partial charge >= 0.3 is 0 Å². The molecule has 0 aliphatic rings. The predicted molar refractivity (Wildman–Crippen MR) is 74.1 cm³/mol. The first kappa shape index (κ1) is 15.3. The first-order chi connectivity index (χ1) is 8.52. The lowest BCUT2D eigenvalue weighted by atomic mass is 10.1. The molecule has 1 amide bonds. The van der Waals surface area contributed by atoms with Crippen molar-refractivity contribution in [1.29, 1.82) is 0 Å². The van der Waals surface area contributed by atoms with Crippen LogP contribution in [0.15, 0.2) is 18.2 Å². The number of nitrogens with one attached hydrogen (secondary N) is 1. The molecule has 0 radical (unpaired) electrons. The molecule has 0 fully saturated rings. The van der Waals surface area contributed by atoms with E-state index in [9.17, 15) is 9.90 Å². The van der Waals surface area contributed by atoms with Crippen molar-refractivity contribution in [1.82, 2.24) is 5.32 Å². The summed E-state index contributed by atoms with van der Waals surface area (Å²) in [6, 6.07) is 5.10. The summed E-state index contributed by atoms with van der Waals surface area (Å²) in [5.41, 5.74) is 0.798. The van der Waals surface area contributed by atoms with E-state index < -0.39 is 6.10 Å². The third kappa shape index (κ3) is 5.25. The molecule has 0 spiro atoms. The van der Waals surface area contributed by atoms with Crippen LogP contribution >= 0.6 is 23.2 Å². The third-order valence-electron chi connectivity index (χ3n) is 2.51. The van der Waals surface area contributed by atoms with E-state index in [-0.39, 0.29) is 18.9 Å². The maximum atomic E-state index is 11.6. The fourth-order valence-corrected chi connectivity index (χ4v) is 1.89. The second kappa shape index (κ2) is 7.62. The summed E-state index contributed by atoms with van der Waals surface area (Å²) >= 11 is 11.7. The van der Waals surface area contributed by atoms with Gasteiger partial charge in [-0.2, -0.15) is 0 Å². The number of aliphatic hydroxyl groups excluding tert-OH is 1. The van der Waals surface area contributed by atoms with Gasteiger partial charge in [0.2, 0.25) is 5.91 Å². The van der Waals surface area contributed by atoms with Gasteiger partial charge in [0.15, 0.2) is 0 Å². The summed E-state index contributed by atoms with van der Waals surface area (Å²) in [6.07, 6.45) is 1.33. The number of aliphatic hydroxyl groups is 1. The van der Waals surface area contributed by atoms with Crippen LogP contribution in [0.5, 0.6) is 0 Å². The van der Waals surface area contributed by atoms with E-state index in [1.54, 1.807) is 18.2 Å². The van der Waals surface area contributed by atoms with Crippen LogP contribution in [0.1, 0.15) is 25.3 Å². The Kier molecular flexibility index (Phi) is 6.47. The van der Waals surface area contributed by atoms with Gasteiger partial charge in [-0.25, -0.2) is 0 Å². The number of benzene rings is 1. The van der Waals surface area contributed by atoms with Crippen LogP contribution in [0, 0.1) is 0 Å². The largest absolute Gasteiger partial charge is 0.391 e. The fourth-order valence-electron chi connectivity index (χ4n) is 1.56. The molecule has 0 aromatic heterocycles. The Balaban J connectivity index is 2.42. The molecule has 1 atom stereocenters. The van der Waals surface area contributed by atoms with Crippen molar-refractivity contribution in [3.05, 3.63) is 33.8 Å². The van der Waals surface area contributed by atoms with Crippen molar-refractivity contribution in [2.45, 2.75) is 32.3 Å². The highest BCUT2D eigenvalue weighted by Gasteiger charge is 2.08. The number of carbonyl (C=O) groups is 1. The van der Waals surface area contributed by atoms with Crippen molar-refractivity contribution in [3.8, 4) is 0 Å². The van der Waals surface area contributed by atoms with Crippen molar-refractivity contribution >= 4 is 29.1 Å². The van der Waals surface area contributed by atoms with Crippen LogP contribution in [0.4, 0.5) is 0 Å². The van der Waals surface area contributed by atoms with Gasteiger partial charge in [-0.1, -0.05) is 42.6 Å². The second-order valence-corrected chi connectivity index (χ2v) is 4.99. The smallest absolute Gasteiger partial charge is 0.224 e. The molecule has 1 aromatic rings. The van der Waals surface area contributed by atoms with Crippen LogP contribution < -0.4 is 5.32 Å². The molecule has 0 saturated heterocycles. The van der Waals surface area contributed by atoms with Crippen LogP contribution in [0.2, 0.25) is 10.0 Å². The molecule has 3 nitrogen and oxygen atoms in total. The summed E-state index contributed by atoms with van der Waals surface area (Å²) in [5, 5.41) is 13.1. The normalized spacial score (nSPS) is 12.2. The number of carbonyl (C=O) groups excluding carboxylic acids is 1. The van der Waals surface area contributed by atoms with Crippen molar-refractivity contribution in [2.24, 2.45) is 0 Å². The maximum Gasteiger partial charge on any atom is 0.224 e. The molecule has 1 aromatic carbocycles. The minimum absolute atomic E-state index is 0.136. The quantitative estimate of drug-likeness (QED) is 0.846. The lowest BCUT2D eigenvalue weighted by Gasteiger charge is -2.10. The number of amides is 1. The molecular weight excluding hydrogens is 273 g/mol. The highest BCUT2D eigenvalue weighted by molar-refractivity contribution is 6.42. The number of hydrogen-bond acceptors (Lipinski definition) is 2. The van der Waals surface area contributed by atoms with Crippen molar-refractivity contribution in [3.63, 3.8) is 0 Å². The highest BCUT2D eigenvalue weighted by atomic mass is 35.5. The first-order valence-corrected chi connectivity index (χ1v) is 6.67. The topological polar surface area (TPSA) is 49.3 Å². The lowest BCUT2D eigenvalue weighted by Crippen LogP contribution is -2.33. The Morgan fingerprint density at radius 1 is 1.39 bits per heavy atom. The minimum atomic E-state index is -0.479. The van der Waals surface area contributed by atoms with Crippen LogP contribution in [-0.2, 0) is 11.2 Å². The summed E-state index contributed by atoms with van der Waals surface area (Å²) in [5.74, 6) is -0.136. The highest BCUT2D eigenvalue weighted by Crippen LogP contribution is 2.22. The van der Waals surface area contributed by atoms with Gasteiger partial charge < -0.3 is 10.4 Å². The van der Waals surface area contributed by atoms with Gasteiger partial charge in [-0.05, 0) is 24.1 Å². The molecule has 0 saturated carbocycles. The average Bonchev–Trinajstić information content (AvgIpc) is 2.32. The summed E-state index contributed by atoms with van der Waals surface area (Å²) < 4.78 is 0. The lowest BCUT2D eigenvalue weighted by molar-refractivity contribution is -0.120. The van der Waals surface area contributed by atoms with E-state index in [1.165, 1.54) is 0 Å². The standard InChI is InChI=1S/C13H17Cl2NO2/c1-2-3-10(17)8-16-13(18)7-9-4-5-11(14)12(15)6-9/h4-6,10,17H,2-3,7-8H2,1H3,(H,16,18). The van der Waals surface area contributed by atoms with E-state index in [4.69, 9.17) is 23.2 Å². The Labute approximate surface area is 117 Å². The summed E-state index contributed by atoms with van der Waals surface area (Å²) in [6.45, 7) is 2.27. The molecule has 2 N–H and O–H groups in total. The Morgan fingerprint density at radius 2 is 2.11 bits per heavy atom. The van der Waals surface area contributed by atoms with E-state index in [0.29, 0.717) is 16.5 Å². The zero-order valence-electron chi connectivity index (χ0n) is 10.2. The molecule has 1 unspecified atom stereocenters. The summed E-state index contributed by atoms with van der Waals surface area (Å²) in [7, 11) is 0. The van der Waals surface area contributed by atoms with Crippen LogP contribution in [0.25, 0.3) is 0 Å². The average molecular weight is 290 g/mol. The van der Waals surface area contributed by atoms with E-state index in [2.05, 4.69) is 5.32 Å². The Morgan fingerprint density at radius 3 is 2.72 bits per heavy atom. The zero-order valence-corrected chi connectivity index (χ0v) is 11.8. The van der Waals surface area contributed by atoms with Gasteiger partial charge in [0.1, 0.15) is 0 Å². The van der Waals surface area contributed by atoms with E-state index >= 15 is 0 Å². The van der Waals surface area contributed by atoms with Gasteiger partial charge in [0.25, 0.3) is 0 Å². The Hall–Kier alpha value is -0.770. The third-order valence-corrected chi connectivity index (χ3v) is 3.24. The molecule has 1 rings (SSSR count). The van der Waals surface area contributed by atoms with E-state index in [0.717, 1.165) is 12.0 Å². The number of hydrogen-bond donors (Lipinski definition) is 2. The maximum absolute atomic E-state index is 11.6. The molecule has 100 valence electrons. The molecule has 0 aliphatic heterocycles. The van der Waals surface area contributed by atoms with Crippen molar-refractivity contribution < 1.29 is 9.90 Å². The molecule has 0 aliphatic carbocycles. The summed E-state index contributed by atoms with van der Waals surface area (Å²) in [4.78, 5) is 11.6. The molecule has 5 heteroatoms. The SMILES string of the molecule is CCCC(O)CNC(=O)Cc1ccc(Cl)c(Cl)c1. The van der Waals surface area contributed by atoms with Crippen LogP contribution in [-0.4, -0.2) is 23.7 Å². The monoisotopic (exact) mass is 289 g/mol. The van der Waals surface area contributed by atoms with Crippen molar-refractivity contribution in [2.75, 3.05) is 6.54 Å². The van der Waals surface area contributed by atoms with E-state index in [1.807, 2.05) is 6.92 Å². The minimum Gasteiger partial charge on any atom is -0.391 e. The fraction of sp³-hybridized carbons (Fsp3) is 0.462. The second-order valence-electron chi connectivity index (χ2n) is 4.17. The molecule has 18 heavy (non-hydrogen) atoms. The zero-order chi connectivity index (χ0) is 13.5. The van der Waals surface area contributed by atoms with Gasteiger partial charge in [-0.15, -0.1) is 0 Å². The van der Waals surface area contributed by atoms with Gasteiger partial charge in [0.05, 0.1) is 22.6 Å². The number of halogens is 2. The molecule has 0 bridgehead atoms. The first-order valence-electron chi connectivity index (χ1n) is 5.91. The Bertz CT molecular complexity index is 410. The van der Waals surface area contributed by atoms with Gasteiger partial charge in [0, 0.05) is 6.54 Å². The molecular formula is C13H17Cl2NO2. The van der Waals surface area contributed by atoms with Gasteiger partial charge in [-0.3, -0.25) is 4.79 Å². The predicted octanol–water partition coefficient (Wildman–Crippen LogP) is 2.81. The molecule has 0 heterocycles.